The predicted octanol–water partition coefficient (Wildman–Crippen LogP) is 4.18. The van der Waals surface area contributed by atoms with Crippen molar-refractivity contribution in [2.45, 2.75) is 128 Å². The van der Waals surface area contributed by atoms with Gasteiger partial charge in [-0.3, -0.25) is 0 Å². The Balaban J connectivity index is 1.06. The van der Waals surface area contributed by atoms with Gasteiger partial charge in [0.2, 0.25) is 0 Å². The Kier molecular flexibility index (Phi) is 6.64. The van der Waals surface area contributed by atoms with E-state index in [-0.39, 0.29) is 23.9 Å². The lowest BCUT2D eigenvalue weighted by atomic mass is 9.47. The van der Waals surface area contributed by atoms with Crippen molar-refractivity contribution in [2.75, 3.05) is 13.2 Å². The number of aliphatic hydroxyl groups is 3. The van der Waals surface area contributed by atoms with E-state index >= 15 is 0 Å². The Morgan fingerprint density at radius 2 is 1.85 bits per heavy atom. The summed E-state index contributed by atoms with van der Waals surface area (Å²) < 4.78 is 25.2. The molecule has 0 radical (unpaired) electrons. The van der Waals surface area contributed by atoms with Crippen LogP contribution in [-0.2, 0) is 18.9 Å². The summed E-state index contributed by atoms with van der Waals surface area (Å²) in [6.07, 6.45) is 8.95. The molecule has 6 unspecified atom stereocenters. The van der Waals surface area contributed by atoms with Crippen LogP contribution in [-0.4, -0.2) is 71.1 Å². The molecular formula is C32H50O7. The van der Waals surface area contributed by atoms with Crippen molar-refractivity contribution in [2.24, 2.45) is 46.3 Å². The summed E-state index contributed by atoms with van der Waals surface area (Å²) in [6, 6.07) is 0. The largest absolute Gasteiger partial charge is 0.394 e. The standard InChI is InChI=1S/C32H50O7/c1-17-7-12-32(36-16-17)18(2)26-24(39-32)14-23-21-6-5-19-13-20(37-29-28(35)27(34)25(15-33)38-29)8-10-30(19,3)22(21)9-11-31(23,26)4/h5,17-18,20-29,33-35H,6-16H2,1-4H3/t17-,18+,20+,21?,22?,23?,24?,25-,26?,27-,28-,29-,30+,31+,32?/m1/s1. The van der Waals surface area contributed by atoms with E-state index in [4.69, 9.17) is 18.9 Å². The van der Waals surface area contributed by atoms with Crippen molar-refractivity contribution in [3.63, 3.8) is 0 Å². The zero-order valence-electron chi connectivity index (χ0n) is 24.3. The second kappa shape index (κ2) is 9.48. The molecule has 3 saturated heterocycles. The molecule has 39 heavy (non-hydrogen) atoms. The van der Waals surface area contributed by atoms with Crippen molar-refractivity contribution in [1.82, 2.24) is 0 Å². The molecule has 4 aliphatic carbocycles. The van der Waals surface area contributed by atoms with E-state index in [1.165, 1.54) is 31.3 Å². The van der Waals surface area contributed by atoms with Crippen LogP contribution in [0.5, 0.6) is 0 Å². The lowest BCUT2D eigenvalue weighted by Gasteiger charge is -2.58. The minimum Gasteiger partial charge on any atom is -0.394 e. The quantitative estimate of drug-likeness (QED) is 0.457. The third kappa shape index (κ3) is 3.93. The second-order valence-corrected chi connectivity index (χ2v) is 15.0. The lowest BCUT2D eigenvalue weighted by Crippen LogP contribution is -2.52. The predicted molar refractivity (Wildman–Crippen MR) is 144 cm³/mol. The van der Waals surface area contributed by atoms with E-state index in [0.29, 0.717) is 47.0 Å². The summed E-state index contributed by atoms with van der Waals surface area (Å²) in [5, 5.41) is 29.9. The first-order chi connectivity index (χ1) is 18.6. The molecular weight excluding hydrogens is 496 g/mol. The van der Waals surface area contributed by atoms with E-state index in [2.05, 4.69) is 33.8 Å². The van der Waals surface area contributed by atoms with Crippen LogP contribution in [0.2, 0.25) is 0 Å². The van der Waals surface area contributed by atoms with Gasteiger partial charge in [-0.2, -0.15) is 0 Å². The van der Waals surface area contributed by atoms with Crippen LogP contribution in [0.1, 0.15) is 85.5 Å². The third-order valence-electron chi connectivity index (χ3n) is 13.2. The smallest absolute Gasteiger partial charge is 0.186 e. The van der Waals surface area contributed by atoms with Crippen LogP contribution in [0.3, 0.4) is 0 Å². The SMILES string of the molecule is C[C@@H]1CCC2(OC1)OC1CC3C4CC=C5C[C@@H](O[C@@H]6O[C@H](CO)[C@@H](O)[C@H]6O)CC[C@]5(C)C4CC[C@]3(C)C1[C@@H]2C. The van der Waals surface area contributed by atoms with Crippen molar-refractivity contribution in [3.8, 4) is 0 Å². The number of ether oxygens (including phenoxy) is 4. The average Bonchev–Trinajstić information content (AvgIpc) is 3.47. The van der Waals surface area contributed by atoms with Crippen LogP contribution in [0, 0.1) is 46.3 Å². The number of fused-ring (bicyclic) bond motifs is 7. The lowest BCUT2D eigenvalue weighted by molar-refractivity contribution is -0.272. The molecule has 0 amide bonds. The van der Waals surface area contributed by atoms with E-state index in [1.807, 2.05) is 0 Å². The highest BCUT2D eigenvalue weighted by Gasteiger charge is 2.68. The molecule has 0 aromatic carbocycles. The van der Waals surface area contributed by atoms with Gasteiger partial charge >= 0.3 is 0 Å². The highest BCUT2D eigenvalue weighted by molar-refractivity contribution is 5.26. The van der Waals surface area contributed by atoms with Gasteiger partial charge in [0.15, 0.2) is 12.1 Å². The fraction of sp³-hybridized carbons (Fsp3) is 0.938. The van der Waals surface area contributed by atoms with Gasteiger partial charge in [0.1, 0.15) is 18.3 Å². The molecule has 7 aliphatic rings. The fourth-order valence-electron chi connectivity index (χ4n) is 10.9. The van der Waals surface area contributed by atoms with Crippen LogP contribution in [0.4, 0.5) is 0 Å². The molecule has 7 nitrogen and oxygen atoms in total. The highest BCUT2D eigenvalue weighted by atomic mass is 16.7. The van der Waals surface area contributed by atoms with Crippen molar-refractivity contribution < 1.29 is 34.3 Å². The number of allylic oxidation sites excluding steroid dienone is 1. The zero-order chi connectivity index (χ0) is 27.3. The van der Waals surface area contributed by atoms with Crippen LogP contribution in [0.25, 0.3) is 0 Å². The van der Waals surface area contributed by atoms with E-state index < -0.39 is 24.6 Å². The molecule has 0 aromatic rings. The van der Waals surface area contributed by atoms with Crippen molar-refractivity contribution in [1.29, 1.82) is 0 Å². The van der Waals surface area contributed by atoms with Gasteiger partial charge in [-0.25, -0.2) is 0 Å². The summed E-state index contributed by atoms with van der Waals surface area (Å²) in [6.45, 7) is 10.3. The fourth-order valence-corrected chi connectivity index (χ4v) is 10.9. The second-order valence-electron chi connectivity index (χ2n) is 15.0. The molecule has 1 spiro atoms. The minimum absolute atomic E-state index is 0.0338. The summed E-state index contributed by atoms with van der Waals surface area (Å²) in [5.74, 6) is 3.44. The van der Waals surface area contributed by atoms with Gasteiger partial charge < -0.3 is 34.3 Å². The third-order valence-corrected chi connectivity index (χ3v) is 13.2. The molecule has 220 valence electrons. The normalized spacial score (nSPS) is 58.5. The zero-order valence-corrected chi connectivity index (χ0v) is 24.3. The monoisotopic (exact) mass is 546 g/mol. The van der Waals surface area contributed by atoms with E-state index in [1.54, 1.807) is 0 Å². The maximum Gasteiger partial charge on any atom is 0.186 e. The molecule has 7 rings (SSSR count). The van der Waals surface area contributed by atoms with Gasteiger partial charge in [0, 0.05) is 12.3 Å². The Morgan fingerprint density at radius 3 is 2.56 bits per heavy atom. The van der Waals surface area contributed by atoms with Crippen LogP contribution in [0.15, 0.2) is 11.6 Å². The maximum atomic E-state index is 10.4. The first-order valence-corrected chi connectivity index (χ1v) is 15.9. The molecule has 6 fully saturated rings. The van der Waals surface area contributed by atoms with Gasteiger partial charge in [-0.15, -0.1) is 0 Å². The number of hydrogen-bond donors (Lipinski definition) is 3. The average molecular weight is 547 g/mol. The first-order valence-electron chi connectivity index (χ1n) is 15.9. The molecule has 3 heterocycles. The summed E-state index contributed by atoms with van der Waals surface area (Å²) in [7, 11) is 0. The summed E-state index contributed by atoms with van der Waals surface area (Å²) in [5.41, 5.74) is 2.03. The summed E-state index contributed by atoms with van der Waals surface area (Å²) in [4.78, 5) is 0. The highest BCUT2D eigenvalue weighted by Crippen LogP contribution is 2.70. The number of hydrogen-bond acceptors (Lipinski definition) is 7. The molecule has 0 bridgehead atoms. The van der Waals surface area contributed by atoms with Gasteiger partial charge in [-0.1, -0.05) is 39.3 Å². The van der Waals surface area contributed by atoms with Crippen molar-refractivity contribution >= 4 is 0 Å². The van der Waals surface area contributed by atoms with Gasteiger partial charge in [-0.05, 0) is 91.8 Å². The number of rotatable bonds is 3. The molecule has 7 heteroatoms. The van der Waals surface area contributed by atoms with Crippen LogP contribution >= 0.6 is 0 Å². The topological polar surface area (TPSA) is 97.6 Å². The maximum absolute atomic E-state index is 10.4. The number of aliphatic hydroxyl groups excluding tert-OH is 3. The molecule has 0 aromatic heterocycles. The molecule has 3 saturated carbocycles. The minimum atomic E-state index is -1.12. The van der Waals surface area contributed by atoms with E-state index in [9.17, 15) is 15.3 Å². The van der Waals surface area contributed by atoms with Gasteiger partial charge in [0.25, 0.3) is 0 Å². The molecule has 15 atom stereocenters. The van der Waals surface area contributed by atoms with Crippen molar-refractivity contribution in [3.05, 3.63) is 11.6 Å². The Morgan fingerprint density at radius 1 is 1.03 bits per heavy atom. The molecule has 3 N–H and O–H groups in total. The van der Waals surface area contributed by atoms with Gasteiger partial charge in [0.05, 0.1) is 25.4 Å². The Labute approximate surface area is 233 Å². The van der Waals surface area contributed by atoms with E-state index in [0.717, 1.165) is 38.7 Å². The Hall–Kier alpha value is -0.540. The van der Waals surface area contributed by atoms with Crippen LogP contribution < -0.4 is 0 Å². The Bertz CT molecular complexity index is 976. The molecule has 3 aliphatic heterocycles. The first kappa shape index (κ1) is 27.3. The summed E-state index contributed by atoms with van der Waals surface area (Å²) >= 11 is 0.